The fourth-order valence-corrected chi connectivity index (χ4v) is 1.90. The number of nitrogens with one attached hydrogen (secondary N) is 1. The van der Waals surface area contributed by atoms with Gasteiger partial charge in [-0.15, -0.1) is 4.72 Å². The molecule has 0 saturated carbocycles. The first kappa shape index (κ1) is 23.0. The van der Waals surface area contributed by atoms with Gasteiger partial charge >= 0.3 is 35.4 Å². The standard InChI is InChI=1S/C6H2F13NO3S/c7-1(8,3(11,12)13)2(9,10)5(17,18)24(22,23)20-6(19,21)4(14,15)16/h20-21H. The van der Waals surface area contributed by atoms with Crippen LogP contribution in [0.3, 0.4) is 0 Å². The molecule has 0 aromatic carbocycles. The van der Waals surface area contributed by atoms with Gasteiger partial charge in [0.15, 0.2) is 0 Å². The Bertz CT molecular complexity index is 573. The van der Waals surface area contributed by atoms with Gasteiger partial charge in [-0.05, 0) is 0 Å². The Morgan fingerprint density at radius 2 is 0.958 bits per heavy atom. The van der Waals surface area contributed by atoms with Crippen molar-refractivity contribution >= 4 is 10.0 Å². The Kier molecular flexibility index (Phi) is 5.24. The zero-order valence-corrected chi connectivity index (χ0v) is 10.9. The predicted molar refractivity (Wildman–Crippen MR) is 45.1 cm³/mol. The van der Waals surface area contributed by atoms with Crippen LogP contribution in [0.25, 0.3) is 0 Å². The minimum Gasteiger partial charge on any atom is -0.342 e. The van der Waals surface area contributed by atoms with Gasteiger partial charge < -0.3 is 5.11 Å². The van der Waals surface area contributed by atoms with E-state index in [-0.39, 0.29) is 0 Å². The summed E-state index contributed by atoms with van der Waals surface area (Å²) in [7, 11) is -7.96. The molecule has 0 bridgehead atoms. The molecule has 1 atom stereocenters. The summed E-state index contributed by atoms with van der Waals surface area (Å²) >= 11 is 0. The average Bonchev–Trinajstić information content (AvgIpc) is 2.23. The van der Waals surface area contributed by atoms with E-state index in [9.17, 15) is 65.5 Å². The van der Waals surface area contributed by atoms with Crippen LogP contribution in [0.1, 0.15) is 0 Å². The van der Waals surface area contributed by atoms with E-state index in [1.54, 1.807) is 0 Å². The molecule has 0 radical (unpaired) electrons. The Morgan fingerprint density at radius 1 is 0.625 bits per heavy atom. The Labute approximate surface area is 122 Å². The Balaban J connectivity index is 6.15. The van der Waals surface area contributed by atoms with E-state index in [1.165, 1.54) is 0 Å². The molecule has 0 heterocycles. The number of sulfonamides is 1. The SMILES string of the molecule is O=S(=O)(NC(O)(F)C(F)(F)F)C(F)(F)C(F)(F)C(F)(F)C(F)(F)F. The zero-order valence-electron chi connectivity index (χ0n) is 10.1. The molecule has 24 heavy (non-hydrogen) atoms. The van der Waals surface area contributed by atoms with Gasteiger partial charge in [-0.2, -0.15) is 57.1 Å². The molecule has 0 saturated heterocycles. The van der Waals surface area contributed by atoms with Gasteiger partial charge in [0.05, 0.1) is 0 Å². The number of hydrogen-bond acceptors (Lipinski definition) is 3. The molecular formula is C6H2F13NO3S. The van der Waals surface area contributed by atoms with E-state index < -0.39 is 50.2 Å². The third-order valence-electron chi connectivity index (χ3n) is 2.10. The quantitative estimate of drug-likeness (QED) is 0.412. The van der Waals surface area contributed by atoms with E-state index in [0.29, 0.717) is 0 Å². The second-order valence-electron chi connectivity index (χ2n) is 3.89. The van der Waals surface area contributed by atoms with Crippen LogP contribution in [0.5, 0.6) is 0 Å². The summed E-state index contributed by atoms with van der Waals surface area (Å²) in [5, 5.41) is 0.274. The highest BCUT2D eigenvalue weighted by Gasteiger charge is 2.86. The minimum absolute atomic E-state index is 1.15. The lowest BCUT2D eigenvalue weighted by molar-refractivity contribution is -0.382. The molecule has 18 heteroatoms. The number of alkyl halides is 13. The normalized spacial score (nSPS) is 18.4. The van der Waals surface area contributed by atoms with Gasteiger partial charge in [-0.1, -0.05) is 0 Å². The van der Waals surface area contributed by atoms with Gasteiger partial charge in [-0.3, -0.25) is 0 Å². The van der Waals surface area contributed by atoms with Crippen molar-refractivity contribution in [1.82, 2.24) is 4.72 Å². The lowest BCUT2D eigenvalue weighted by Gasteiger charge is -2.34. The average molecular weight is 415 g/mol. The molecule has 0 rings (SSSR count). The van der Waals surface area contributed by atoms with Crippen molar-refractivity contribution in [3.8, 4) is 0 Å². The predicted octanol–water partition coefficient (Wildman–Crippen LogP) is 2.51. The van der Waals surface area contributed by atoms with Crippen LogP contribution in [0.2, 0.25) is 0 Å². The summed E-state index contributed by atoms with van der Waals surface area (Å²) in [6, 6.07) is 0. The van der Waals surface area contributed by atoms with Crippen molar-refractivity contribution in [2.75, 3.05) is 0 Å². The van der Waals surface area contributed by atoms with Crippen molar-refractivity contribution in [3.63, 3.8) is 0 Å². The summed E-state index contributed by atoms with van der Waals surface area (Å²) in [4.78, 5) is 0. The lowest BCUT2D eigenvalue weighted by atomic mass is 10.1. The first-order valence-corrected chi connectivity index (χ1v) is 6.16. The molecule has 1 unspecified atom stereocenters. The van der Waals surface area contributed by atoms with Crippen molar-refractivity contribution in [2.24, 2.45) is 0 Å². The third kappa shape index (κ3) is 3.35. The highest BCUT2D eigenvalue weighted by Crippen LogP contribution is 2.54. The topological polar surface area (TPSA) is 66.4 Å². The summed E-state index contributed by atoms with van der Waals surface area (Å²) in [6.07, 6.45) is -14.2. The van der Waals surface area contributed by atoms with Crippen molar-refractivity contribution in [3.05, 3.63) is 0 Å². The summed E-state index contributed by atoms with van der Waals surface area (Å²) in [5.74, 6) is -22.0. The van der Waals surface area contributed by atoms with Crippen molar-refractivity contribution < 1.29 is 70.6 Å². The highest BCUT2D eigenvalue weighted by molar-refractivity contribution is 7.90. The largest absolute Gasteiger partial charge is 0.465 e. The lowest BCUT2D eigenvalue weighted by Crippen LogP contribution is -2.67. The van der Waals surface area contributed by atoms with E-state index in [0.717, 1.165) is 0 Å². The molecule has 0 fully saturated rings. The third-order valence-corrected chi connectivity index (χ3v) is 3.57. The molecule has 0 aromatic heterocycles. The molecule has 0 aliphatic carbocycles. The fraction of sp³-hybridized carbons (Fsp3) is 1.00. The first-order chi connectivity index (χ1) is 9.96. The monoisotopic (exact) mass is 415 g/mol. The van der Waals surface area contributed by atoms with Gasteiger partial charge in [0, 0.05) is 0 Å². The number of halogens is 13. The smallest absolute Gasteiger partial charge is 0.342 e. The summed E-state index contributed by atoms with van der Waals surface area (Å²) in [6.45, 7) is 0. The van der Waals surface area contributed by atoms with Crippen LogP contribution in [-0.2, 0) is 10.0 Å². The van der Waals surface area contributed by atoms with Crippen LogP contribution >= 0.6 is 0 Å². The number of hydrogen-bond donors (Lipinski definition) is 2. The molecule has 146 valence electrons. The maximum Gasteiger partial charge on any atom is 0.465 e. The van der Waals surface area contributed by atoms with E-state index in [2.05, 4.69) is 0 Å². The maximum absolute atomic E-state index is 12.9. The van der Waals surface area contributed by atoms with Crippen LogP contribution in [0.15, 0.2) is 0 Å². The minimum atomic E-state index is -7.96. The molecule has 0 amide bonds. The zero-order chi connectivity index (χ0) is 20.2. The molecular weight excluding hydrogens is 413 g/mol. The van der Waals surface area contributed by atoms with E-state index in [1.807, 2.05) is 0 Å². The van der Waals surface area contributed by atoms with Crippen LogP contribution in [-0.4, -0.2) is 49.0 Å². The highest BCUT2D eigenvalue weighted by atomic mass is 32.2. The summed E-state index contributed by atoms with van der Waals surface area (Å²) in [5.41, 5.74) is 0. The number of aliphatic hydroxyl groups is 1. The Morgan fingerprint density at radius 3 is 1.21 bits per heavy atom. The molecule has 0 aliphatic rings. The van der Waals surface area contributed by atoms with Crippen LogP contribution in [0, 0.1) is 0 Å². The molecule has 2 N–H and O–H groups in total. The molecule has 4 nitrogen and oxygen atoms in total. The Hall–Kier alpha value is -1.04. The van der Waals surface area contributed by atoms with Crippen LogP contribution in [0.4, 0.5) is 57.1 Å². The van der Waals surface area contributed by atoms with Gasteiger partial charge in [0.25, 0.3) is 10.0 Å². The second-order valence-corrected chi connectivity index (χ2v) is 5.61. The van der Waals surface area contributed by atoms with Gasteiger partial charge in [-0.25, -0.2) is 8.42 Å². The van der Waals surface area contributed by atoms with E-state index in [4.69, 9.17) is 5.11 Å². The second kappa shape index (κ2) is 5.48. The maximum atomic E-state index is 12.9. The number of rotatable bonds is 5. The van der Waals surface area contributed by atoms with Gasteiger partial charge in [0.1, 0.15) is 0 Å². The van der Waals surface area contributed by atoms with Crippen LogP contribution < -0.4 is 4.72 Å². The molecule has 0 aliphatic heterocycles. The molecule has 0 aromatic rings. The fourth-order valence-electron chi connectivity index (χ4n) is 0.830. The summed E-state index contributed by atoms with van der Waals surface area (Å²) < 4.78 is 179. The van der Waals surface area contributed by atoms with Crippen molar-refractivity contribution in [2.45, 2.75) is 35.4 Å². The van der Waals surface area contributed by atoms with Gasteiger partial charge in [0.2, 0.25) is 0 Å². The van der Waals surface area contributed by atoms with Crippen molar-refractivity contribution in [1.29, 1.82) is 0 Å². The van der Waals surface area contributed by atoms with E-state index >= 15 is 0 Å². The first-order valence-electron chi connectivity index (χ1n) is 4.67. The molecule has 0 spiro atoms.